The van der Waals surface area contributed by atoms with E-state index >= 15 is 0 Å². The summed E-state index contributed by atoms with van der Waals surface area (Å²) < 4.78 is 0. The Morgan fingerprint density at radius 2 is 2.07 bits per heavy atom. The Kier molecular flexibility index (Phi) is 4.99. The molecular formula is C20H25N5O4. The minimum atomic E-state index is -0.891. The van der Waals surface area contributed by atoms with E-state index in [-0.39, 0.29) is 24.3 Å². The monoisotopic (exact) mass is 399 g/mol. The van der Waals surface area contributed by atoms with Gasteiger partial charge in [0.2, 0.25) is 11.8 Å². The molecule has 2 saturated heterocycles. The van der Waals surface area contributed by atoms with Gasteiger partial charge in [-0.3, -0.25) is 24.2 Å². The normalized spacial score (nSPS) is 25.0. The Bertz CT molecular complexity index is 868. The van der Waals surface area contributed by atoms with Crippen molar-refractivity contribution in [2.75, 3.05) is 31.5 Å². The zero-order chi connectivity index (χ0) is 20.6. The highest BCUT2D eigenvalue weighted by Gasteiger charge is 2.56. The zero-order valence-corrected chi connectivity index (χ0v) is 16.4. The summed E-state index contributed by atoms with van der Waals surface area (Å²) in [4.78, 5) is 51.8. The summed E-state index contributed by atoms with van der Waals surface area (Å²) in [7, 11) is 0. The van der Waals surface area contributed by atoms with Crippen LogP contribution in [0, 0.1) is 5.92 Å². The van der Waals surface area contributed by atoms with E-state index in [1.807, 2.05) is 23.1 Å². The van der Waals surface area contributed by atoms with Crippen molar-refractivity contribution in [3.05, 3.63) is 29.8 Å². The fourth-order valence-electron chi connectivity index (χ4n) is 3.97. The Morgan fingerprint density at radius 3 is 2.79 bits per heavy atom. The van der Waals surface area contributed by atoms with Gasteiger partial charge in [-0.05, 0) is 43.4 Å². The van der Waals surface area contributed by atoms with Gasteiger partial charge in [0.15, 0.2) is 0 Å². The molecule has 0 spiro atoms. The number of hydrogen-bond donors (Lipinski definition) is 3. The predicted molar refractivity (Wildman–Crippen MR) is 105 cm³/mol. The van der Waals surface area contributed by atoms with Gasteiger partial charge in [0.1, 0.15) is 12.1 Å². The van der Waals surface area contributed by atoms with Crippen molar-refractivity contribution in [3.63, 3.8) is 0 Å². The highest BCUT2D eigenvalue weighted by Crippen LogP contribution is 2.42. The molecule has 9 nitrogen and oxygen atoms in total. The highest BCUT2D eigenvalue weighted by atomic mass is 16.2. The van der Waals surface area contributed by atoms with Gasteiger partial charge in [-0.25, -0.2) is 4.79 Å². The molecule has 3 N–H and O–H groups in total. The average molecular weight is 399 g/mol. The molecule has 1 saturated carbocycles. The number of carbonyl (C=O) groups excluding carboxylic acids is 4. The van der Waals surface area contributed by atoms with Crippen LogP contribution in [-0.4, -0.2) is 65.3 Å². The number of piperazine rings is 1. The first-order chi connectivity index (χ1) is 13.8. The number of nitrogens with zero attached hydrogens (tertiary/aromatic N) is 2. The largest absolute Gasteiger partial charge is 0.354 e. The van der Waals surface area contributed by atoms with Crippen molar-refractivity contribution in [2.45, 2.75) is 31.8 Å². The summed E-state index contributed by atoms with van der Waals surface area (Å²) in [6.45, 7) is 3.76. The van der Waals surface area contributed by atoms with Gasteiger partial charge < -0.3 is 16.0 Å². The second-order valence-corrected chi connectivity index (χ2v) is 8.11. The maximum Gasteiger partial charge on any atom is 0.325 e. The molecule has 9 heteroatoms. The van der Waals surface area contributed by atoms with Crippen LogP contribution in [0.2, 0.25) is 0 Å². The number of urea groups is 1. The van der Waals surface area contributed by atoms with Crippen LogP contribution < -0.4 is 16.0 Å². The molecule has 1 aromatic carbocycles. The third kappa shape index (κ3) is 4.09. The van der Waals surface area contributed by atoms with Crippen LogP contribution in [0.1, 0.15) is 25.3 Å². The lowest BCUT2D eigenvalue weighted by molar-refractivity contribution is -0.134. The molecule has 0 bridgehead atoms. The van der Waals surface area contributed by atoms with Crippen LogP contribution in [0.3, 0.4) is 0 Å². The van der Waals surface area contributed by atoms with E-state index in [2.05, 4.69) is 16.0 Å². The van der Waals surface area contributed by atoms with Gasteiger partial charge in [-0.2, -0.15) is 0 Å². The Balaban J connectivity index is 1.35. The maximum atomic E-state index is 12.6. The average Bonchev–Trinajstić information content (AvgIpc) is 3.48. The van der Waals surface area contributed by atoms with Crippen LogP contribution in [-0.2, 0) is 20.9 Å². The first-order valence-corrected chi connectivity index (χ1v) is 9.87. The quantitative estimate of drug-likeness (QED) is 0.595. The van der Waals surface area contributed by atoms with Crippen molar-refractivity contribution in [2.24, 2.45) is 5.92 Å². The molecule has 3 fully saturated rings. The maximum absolute atomic E-state index is 12.6. The van der Waals surface area contributed by atoms with Gasteiger partial charge in [0.05, 0.1) is 6.54 Å². The van der Waals surface area contributed by atoms with Gasteiger partial charge in [0.25, 0.3) is 5.91 Å². The molecule has 2 aliphatic heterocycles. The van der Waals surface area contributed by atoms with E-state index in [0.717, 1.165) is 29.8 Å². The third-order valence-corrected chi connectivity index (χ3v) is 5.73. The molecule has 1 atom stereocenters. The third-order valence-electron chi connectivity index (χ3n) is 5.73. The highest BCUT2D eigenvalue weighted by molar-refractivity contribution is 6.10. The summed E-state index contributed by atoms with van der Waals surface area (Å²) in [6.07, 6.45) is 1.82. The fourth-order valence-corrected chi connectivity index (χ4v) is 3.97. The van der Waals surface area contributed by atoms with E-state index in [1.54, 1.807) is 13.0 Å². The van der Waals surface area contributed by atoms with Crippen molar-refractivity contribution in [3.8, 4) is 0 Å². The first kappa shape index (κ1) is 19.4. The van der Waals surface area contributed by atoms with Crippen molar-refractivity contribution >= 4 is 29.4 Å². The summed E-state index contributed by atoms with van der Waals surface area (Å²) in [5.41, 5.74) is 0.664. The molecule has 2 heterocycles. The standard InChI is InChI=1S/C20H25N5O4/c1-20(14-5-6-14)18(28)25(19(29)23-20)12-17(27)22-15-4-2-3-13(9-15)10-24-8-7-21-16(26)11-24/h2-4,9,14H,5-8,10-12H2,1H3,(H,21,26)(H,22,27)(H,23,29). The number of carbonyl (C=O) groups is 4. The zero-order valence-electron chi connectivity index (χ0n) is 16.4. The molecule has 1 unspecified atom stereocenters. The smallest absolute Gasteiger partial charge is 0.325 e. The summed E-state index contributed by atoms with van der Waals surface area (Å²) >= 11 is 0. The van der Waals surface area contributed by atoms with Crippen molar-refractivity contribution < 1.29 is 19.2 Å². The van der Waals surface area contributed by atoms with Crippen LogP contribution in [0.4, 0.5) is 10.5 Å². The number of rotatable bonds is 6. The molecule has 0 aromatic heterocycles. The predicted octanol–water partition coefficient (Wildman–Crippen LogP) is 0.277. The number of nitrogens with one attached hydrogen (secondary N) is 3. The minimum absolute atomic E-state index is 0.00691. The topological polar surface area (TPSA) is 111 Å². The van der Waals surface area contributed by atoms with Gasteiger partial charge in [0, 0.05) is 25.3 Å². The summed E-state index contributed by atoms with van der Waals surface area (Å²) in [6, 6.07) is 6.83. The van der Waals surface area contributed by atoms with E-state index in [0.29, 0.717) is 25.3 Å². The summed E-state index contributed by atoms with van der Waals surface area (Å²) in [5, 5.41) is 8.29. The number of anilines is 1. The molecule has 5 amide bonds. The minimum Gasteiger partial charge on any atom is -0.354 e. The summed E-state index contributed by atoms with van der Waals surface area (Å²) in [5.74, 6) is -0.603. The van der Waals surface area contributed by atoms with E-state index in [1.165, 1.54) is 0 Å². The number of amides is 5. The second kappa shape index (κ2) is 7.47. The first-order valence-electron chi connectivity index (χ1n) is 9.87. The Labute approximate surface area is 168 Å². The number of imide groups is 1. The molecule has 1 aliphatic carbocycles. The Morgan fingerprint density at radius 1 is 1.28 bits per heavy atom. The number of hydrogen-bond acceptors (Lipinski definition) is 5. The molecule has 3 aliphatic rings. The van der Waals surface area contributed by atoms with E-state index in [4.69, 9.17) is 0 Å². The van der Waals surface area contributed by atoms with Crippen LogP contribution in [0.15, 0.2) is 24.3 Å². The van der Waals surface area contributed by atoms with Crippen LogP contribution >= 0.6 is 0 Å². The molecule has 154 valence electrons. The molecule has 29 heavy (non-hydrogen) atoms. The fraction of sp³-hybridized carbons (Fsp3) is 0.500. The molecular weight excluding hydrogens is 374 g/mol. The second-order valence-electron chi connectivity index (χ2n) is 8.11. The van der Waals surface area contributed by atoms with Crippen molar-refractivity contribution in [1.82, 2.24) is 20.4 Å². The van der Waals surface area contributed by atoms with Crippen LogP contribution in [0.25, 0.3) is 0 Å². The van der Waals surface area contributed by atoms with Gasteiger partial charge in [-0.1, -0.05) is 12.1 Å². The molecule has 0 radical (unpaired) electrons. The lowest BCUT2D eigenvalue weighted by atomic mass is 9.96. The Hall–Kier alpha value is -2.94. The number of benzene rings is 1. The van der Waals surface area contributed by atoms with Crippen molar-refractivity contribution in [1.29, 1.82) is 0 Å². The van der Waals surface area contributed by atoms with Gasteiger partial charge in [-0.15, -0.1) is 0 Å². The lowest BCUT2D eigenvalue weighted by Crippen LogP contribution is -2.47. The van der Waals surface area contributed by atoms with Gasteiger partial charge >= 0.3 is 6.03 Å². The van der Waals surface area contributed by atoms with Crippen LogP contribution in [0.5, 0.6) is 0 Å². The SMILES string of the molecule is CC1(C2CC2)NC(=O)N(CC(=O)Nc2cccc(CN3CCNC(=O)C3)c2)C1=O. The van der Waals surface area contributed by atoms with E-state index < -0.39 is 17.5 Å². The molecule has 1 aromatic rings. The molecule has 4 rings (SSSR count). The lowest BCUT2D eigenvalue weighted by Gasteiger charge is -2.26. The van der Waals surface area contributed by atoms with E-state index in [9.17, 15) is 19.2 Å².